The van der Waals surface area contributed by atoms with Gasteiger partial charge in [-0.3, -0.25) is 4.79 Å². The summed E-state index contributed by atoms with van der Waals surface area (Å²) in [4.78, 5) is 28.0. The molecule has 3 rings (SSSR count). The lowest BCUT2D eigenvalue weighted by Crippen LogP contribution is -2.12. The van der Waals surface area contributed by atoms with Gasteiger partial charge in [-0.05, 0) is 43.3 Å². The molecule has 0 atom stereocenters. The van der Waals surface area contributed by atoms with Gasteiger partial charge in [0.05, 0.1) is 6.61 Å². The van der Waals surface area contributed by atoms with E-state index in [9.17, 15) is 9.59 Å². The molecule has 6 nitrogen and oxygen atoms in total. The number of oxazole rings is 1. The molecule has 2 aromatic carbocycles. The SMILES string of the molecule is CCOc1ccc(C(=O)COC(=O)/C=C/c2nc3ccccc3o2)cc1. The number of rotatable bonds is 7. The molecular formula is C20H17NO5. The number of benzene rings is 2. The summed E-state index contributed by atoms with van der Waals surface area (Å²) < 4.78 is 15.7. The van der Waals surface area contributed by atoms with Crippen molar-refractivity contribution < 1.29 is 23.5 Å². The summed E-state index contributed by atoms with van der Waals surface area (Å²) in [5.74, 6) is 0.0338. The molecule has 0 aliphatic heterocycles. The van der Waals surface area contributed by atoms with E-state index in [0.29, 0.717) is 34.9 Å². The molecule has 3 aromatic rings. The molecule has 0 amide bonds. The topological polar surface area (TPSA) is 78.6 Å². The van der Waals surface area contributed by atoms with Gasteiger partial charge in [0, 0.05) is 17.7 Å². The minimum atomic E-state index is -0.647. The van der Waals surface area contributed by atoms with Crippen LogP contribution in [-0.2, 0) is 9.53 Å². The Morgan fingerprint density at radius 1 is 1.12 bits per heavy atom. The third-order valence-electron chi connectivity index (χ3n) is 3.51. The smallest absolute Gasteiger partial charge is 0.331 e. The molecule has 132 valence electrons. The number of nitrogens with zero attached hydrogens (tertiary/aromatic N) is 1. The first-order chi connectivity index (χ1) is 12.7. The van der Waals surface area contributed by atoms with Crippen LogP contribution < -0.4 is 4.74 Å². The van der Waals surface area contributed by atoms with E-state index in [-0.39, 0.29) is 12.4 Å². The summed E-state index contributed by atoms with van der Waals surface area (Å²) >= 11 is 0. The highest BCUT2D eigenvalue weighted by Crippen LogP contribution is 2.15. The Labute approximate surface area is 150 Å². The van der Waals surface area contributed by atoms with E-state index < -0.39 is 5.97 Å². The number of hydrogen-bond acceptors (Lipinski definition) is 6. The van der Waals surface area contributed by atoms with Crippen LogP contribution in [0.1, 0.15) is 23.2 Å². The zero-order valence-corrected chi connectivity index (χ0v) is 14.2. The fraction of sp³-hybridized carbons (Fsp3) is 0.150. The van der Waals surface area contributed by atoms with Crippen LogP contribution in [0.3, 0.4) is 0 Å². The van der Waals surface area contributed by atoms with Crippen LogP contribution in [0, 0.1) is 0 Å². The average molecular weight is 351 g/mol. The van der Waals surface area contributed by atoms with E-state index in [0.717, 1.165) is 0 Å². The van der Waals surface area contributed by atoms with E-state index in [1.165, 1.54) is 12.2 Å². The van der Waals surface area contributed by atoms with Crippen molar-refractivity contribution >= 4 is 28.9 Å². The molecule has 0 saturated carbocycles. The van der Waals surface area contributed by atoms with Crippen LogP contribution in [0.15, 0.2) is 59.0 Å². The third-order valence-corrected chi connectivity index (χ3v) is 3.51. The molecule has 6 heteroatoms. The van der Waals surface area contributed by atoms with Crippen LogP contribution in [0.25, 0.3) is 17.2 Å². The molecular weight excluding hydrogens is 334 g/mol. The van der Waals surface area contributed by atoms with Crippen molar-refractivity contribution in [2.75, 3.05) is 13.2 Å². The zero-order valence-electron chi connectivity index (χ0n) is 14.2. The lowest BCUT2D eigenvalue weighted by molar-refractivity contribution is -0.136. The fourth-order valence-corrected chi connectivity index (χ4v) is 2.27. The molecule has 0 aliphatic carbocycles. The van der Waals surface area contributed by atoms with Crippen molar-refractivity contribution in [1.82, 2.24) is 4.98 Å². The third kappa shape index (κ3) is 4.36. The first-order valence-electron chi connectivity index (χ1n) is 8.12. The summed E-state index contributed by atoms with van der Waals surface area (Å²) in [6.07, 6.45) is 2.58. The van der Waals surface area contributed by atoms with Crippen molar-refractivity contribution in [1.29, 1.82) is 0 Å². The molecule has 0 spiro atoms. The average Bonchev–Trinajstić information content (AvgIpc) is 3.08. The molecule has 0 unspecified atom stereocenters. The standard InChI is InChI=1S/C20H17NO5/c1-2-24-15-9-7-14(8-10-15)17(22)13-25-20(23)12-11-19-21-16-5-3-4-6-18(16)26-19/h3-12H,2,13H2,1H3/b12-11+. The molecule has 0 saturated heterocycles. The number of fused-ring (bicyclic) bond motifs is 1. The number of hydrogen-bond donors (Lipinski definition) is 0. The molecule has 0 N–H and O–H groups in total. The highest BCUT2D eigenvalue weighted by atomic mass is 16.5. The van der Waals surface area contributed by atoms with Gasteiger partial charge in [-0.15, -0.1) is 0 Å². The molecule has 0 fully saturated rings. The van der Waals surface area contributed by atoms with E-state index in [1.54, 1.807) is 30.3 Å². The van der Waals surface area contributed by atoms with Gasteiger partial charge in [0.1, 0.15) is 11.3 Å². The molecule has 1 heterocycles. The van der Waals surface area contributed by atoms with Gasteiger partial charge in [-0.2, -0.15) is 0 Å². The Bertz CT molecular complexity index is 907. The van der Waals surface area contributed by atoms with E-state index in [2.05, 4.69) is 4.98 Å². The maximum atomic E-state index is 12.0. The predicted octanol–water partition coefficient (Wildman–Crippen LogP) is 3.67. The summed E-state index contributed by atoms with van der Waals surface area (Å²) in [5, 5.41) is 0. The molecule has 0 radical (unpaired) electrons. The van der Waals surface area contributed by atoms with Crippen LogP contribution in [0.5, 0.6) is 5.75 Å². The van der Waals surface area contributed by atoms with E-state index in [4.69, 9.17) is 13.9 Å². The summed E-state index contributed by atoms with van der Waals surface area (Å²) in [5.41, 5.74) is 1.78. The number of carbonyl (C=O) groups is 2. The number of para-hydroxylation sites is 2. The van der Waals surface area contributed by atoms with Gasteiger partial charge in [-0.25, -0.2) is 9.78 Å². The predicted molar refractivity (Wildman–Crippen MR) is 95.9 cm³/mol. The molecule has 26 heavy (non-hydrogen) atoms. The van der Waals surface area contributed by atoms with Crippen LogP contribution in [0.4, 0.5) is 0 Å². The van der Waals surface area contributed by atoms with Gasteiger partial charge in [0.2, 0.25) is 5.89 Å². The molecule has 0 bridgehead atoms. The summed E-state index contributed by atoms with van der Waals surface area (Å²) in [6, 6.07) is 13.9. The second-order valence-corrected chi connectivity index (χ2v) is 5.34. The van der Waals surface area contributed by atoms with Crippen molar-refractivity contribution in [2.24, 2.45) is 0 Å². The van der Waals surface area contributed by atoms with Gasteiger partial charge >= 0.3 is 5.97 Å². The Morgan fingerprint density at radius 2 is 1.88 bits per heavy atom. The minimum Gasteiger partial charge on any atom is -0.494 e. The molecule has 1 aromatic heterocycles. The summed E-state index contributed by atoms with van der Waals surface area (Å²) in [6.45, 7) is 2.09. The number of ketones is 1. The second kappa shape index (κ2) is 8.11. The Balaban J connectivity index is 1.53. The van der Waals surface area contributed by atoms with Crippen LogP contribution in [-0.4, -0.2) is 30.0 Å². The largest absolute Gasteiger partial charge is 0.494 e. The Hall–Kier alpha value is -3.41. The highest BCUT2D eigenvalue weighted by Gasteiger charge is 2.09. The Morgan fingerprint density at radius 3 is 2.62 bits per heavy atom. The van der Waals surface area contributed by atoms with Gasteiger partial charge in [0.15, 0.2) is 18.0 Å². The fourth-order valence-electron chi connectivity index (χ4n) is 2.27. The van der Waals surface area contributed by atoms with E-state index >= 15 is 0 Å². The van der Waals surface area contributed by atoms with Crippen molar-refractivity contribution in [3.63, 3.8) is 0 Å². The first kappa shape index (κ1) is 17.4. The number of ether oxygens (including phenoxy) is 2. The summed E-state index contributed by atoms with van der Waals surface area (Å²) in [7, 11) is 0. The normalized spacial score (nSPS) is 11.0. The maximum absolute atomic E-state index is 12.0. The van der Waals surface area contributed by atoms with Gasteiger partial charge in [-0.1, -0.05) is 12.1 Å². The monoisotopic (exact) mass is 351 g/mol. The minimum absolute atomic E-state index is 0.293. The van der Waals surface area contributed by atoms with Crippen molar-refractivity contribution in [2.45, 2.75) is 6.92 Å². The van der Waals surface area contributed by atoms with Gasteiger partial charge in [0.25, 0.3) is 0 Å². The lowest BCUT2D eigenvalue weighted by Gasteiger charge is -2.04. The van der Waals surface area contributed by atoms with Crippen LogP contribution in [0.2, 0.25) is 0 Å². The van der Waals surface area contributed by atoms with Crippen LogP contribution >= 0.6 is 0 Å². The first-order valence-corrected chi connectivity index (χ1v) is 8.12. The Kier molecular flexibility index (Phi) is 5.43. The van der Waals surface area contributed by atoms with Gasteiger partial charge < -0.3 is 13.9 Å². The lowest BCUT2D eigenvalue weighted by atomic mass is 10.1. The quantitative estimate of drug-likeness (QED) is 0.367. The second-order valence-electron chi connectivity index (χ2n) is 5.34. The number of esters is 1. The number of Topliss-reactive ketones (excluding diaryl/α,β-unsaturated/α-hetero) is 1. The zero-order chi connectivity index (χ0) is 18.4. The van der Waals surface area contributed by atoms with Crippen molar-refractivity contribution in [3.8, 4) is 5.75 Å². The maximum Gasteiger partial charge on any atom is 0.331 e. The molecule has 0 aliphatic rings. The highest BCUT2D eigenvalue weighted by molar-refractivity contribution is 5.99. The number of aromatic nitrogens is 1. The van der Waals surface area contributed by atoms with Crippen molar-refractivity contribution in [3.05, 3.63) is 66.1 Å². The van der Waals surface area contributed by atoms with E-state index in [1.807, 2.05) is 25.1 Å². The number of carbonyl (C=O) groups excluding carboxylic acids is 2.